The molecule has 0 aliphatic rings. The summed E-state index contributed by atoms with van der Waals surface area (Å²) >= 11 is 0. The van der Waals surface area contributed by atoms with Gasteiger partial charge in [-0.25, -0.2) is 0 Å². The maximum absolute atomic E-state index is 9.45. The van der Waals surface area contributed by atoms with Gasteiger partial charge in [-0.3, -0.25) is 0 Å². The van der Waals surface area contributed by atoms with Crippen molar-refractivity contribution in [1.82, 2.24) is 0 Å². The van der Waals surface area contributed by atoms with Gasteiger partial charge in [0.25, 0.3) is 0 Å². The van der Waals surface area contributed by atoms with Gasteiger partial charge in [0.05, 0.1) is 0 Å². The standard InChI is InChI=1S/C12H10O2.C2H6.CH3.Y/c13-11-8-4-5-9-12(11)14-10-6-2-1-3-7-10;1-2;;/h1-9,13H;1-2H3;1H3;/q;;-1;. The minimum atomic E-state index is 0. The molecule has 0 spiro atoms. The number of hydrogen-bond acceptors (Lipinski definition) is 2. The Bertz CT molecular complexity index is 416. The van der Waals surface area contributed by atoms with Crippen LogP contribution in [0.1, 0.15) is 13.8 Å². The van der Waals surface area contributed by atoms with Crippen molar-refractivity contribution in [3.05, 3.63) is 62.0 Å². The van der Waals surface area contributed by atoms with Crippen molar-refractivity contribution in [3.63, 3.8) is 0 Å². The Kier molecular flexibility index (Phi) is 12.2. The van der Waals surface area contributed by atoms with Crippen molar-refractivity contribution >= 4 is 0 Å². The van der Waals surface area contributed by atoms with Gasteiger partial charge in [-0.05, 0) is 24.3 Å². The maximum Gasteiger partial charge on any atom is 0.169 e. The Labute approximate surface area is 135 Å². The smallest absolute Gasteiger partial charge is 0.169 e. The van der Waals surface area contributed by atoms with Crippen LogP contribution in [-0.2, 0) is 32.7 Å². The molecule has 0 unspecified atom stereocenters. The van der Waals surface area contributed by atoms with Crippen molar-refractivity contribution in [2.45, 2.75) is 13.8 Å². The number of aromatic hydroxyl groups is 1. The summed E-state index contributed by atoms with van der Waals surface area (Å²) in [5.74, 6) is 1.34. The summed E-state index contributed by atoms with van der Waals surface area (Å²) in [4.78, 5) is 0. The van der Waals surface area contributed by atoms with E-state index in [4.69, 9.17) is 4.74 Å². The summed E-state index contributed by atoms with van der Waals surface area (Å²) in [5, 5.41) is 9.45. The Morgan fingerprint density at radius 3 is 1.89 bits per heavy atom. The van der Waals surface area contributed by atoms with Gasteiger partial charge in [-0.15, -0.1) is 0 Å². The van der Waals surface area contributed by atoms with E-state index in [1.807, 2.05) is 50.2 Å². The first kappa shape index (κ1) is 19.5. The molecule has 0 atom stereocenters. The number of phenols is 1. The monoisotopic (exact) mass is 320 g/mol. The molecule has 3 heteroatoms. The number of ether oxygens (including phenoxy) is 1. The zero-order valence-corrected chi connectivity index (χ0v) is 14.0. The molecule has 2 rings (SSSR count). The normalized spacial score (nSPS) is 7.89. The molecular weight excluding hydrogens is 301 g/mol. The van der Waals surface area contributed by atoms with Crippen LogP contribution in [0.3, 0.4) is 0 Å². The van der Waals surface area contributed by atoms with Crippen molar-refractivity contribution in [1.29, 1.82) is 0 Å². The Balaban J connectivity index is 0. The van der Waals surface area contributed by atoms with Crippen LogP contribution in [0.15, 0.2) is 54.6 Å². The predicted molar refractivity (Wildman–Crippen MR) is 72.4 cm³/mol. The molecule has 1 N–H and O–H groups in total. The van der Waals surface area contributed by atoms with Crippen molar-refractivity contribution in [2.75, 3.05) is 0 Å². The van der Waals surface area contributed by atoms with Crippen LogP contribution in [0.4, 0.5) is 0 Å². The van der Waals surface area contributed by atoms with E-state index >= 15 is 0 Å². The van der Waals surface area contributed by atoms with Crippen LogP contribution in [0, 0.1) is 7.43 Å². The summed E-state index contributed by atoms with van der Waals surface area (Å²) in [6, 6.07) is 16.3. The molecule has 2 nitrogen and oxygen atoms in total. The van der Waals surface area contributed by atoms with Gasteiger partial charge in [-0.2, -0.15) is 0 Å². The number of hydrogen-bond donors (Lipinski definition) is 1. The zero-order chi connectivity index (χ0) is 11.8. The first-order chi connectivity index (χ1) is 7.86. The van der Waals surface area contributed by atoms with E-state index in [1.165, 1.54) is 0 Å². The van der Waals surface area contributed by atoms with Gasteiger partial charge < -0.3 is 17.3 Å². The van der Waals surface area contributed by atoms with Crippen LogP contribution in [0.25, 0.3) is 0 Å². The van der Waals surface area contributed by atoms with Crippen LogP contribution in [0.2, 0.25) is 0 Å². The molecule has 1 radical (unpaired) electrons. The van der Waals surface area contributed by atoms with Crippen LogP contribution >= 0.6 is 0 Å². The molecule has 0 saturated carbocycles. The topological polar surface area (TPSA) is 29.5 Å². The number of para-hydroxylation sites is 3. The Morgan fingerprint density at radius 1 is 0.833 bits per heavy atom. The van der Waals surface area contributed by atoms with Crippen LogP contribution in [0.5, 0.6) is 17.2 Å². The summed E-state index contributed by atoms with van der Waals surface area (Å²) in [5.41, 5.74) is 0. The fraction of sp³-hybridized carbons (Fsp3) is 0.133. The third-order valence-electron chi connectivity index (χ3n) is 1.84. The van der Waals surface area contributed by atoms with E-state index in [0.29, 0.717) is 11.5 Å². The molecule has 0 bridgehead atoms. The average Bonchev–Trinajstić information content (AvgIpc) is 2.36. The van der Waals surface area contributed by atoms with Gasteiger partial charge in [0, 0.05) is 32.7 Å². The summed E-state index contributed by atoms with van der Waals surface area (Å²) < 4.78 is 5.46. The average molecular weight is 320 g/mol. The maximum atomic E-state index is 9.45. The summed E-state index contributed by atoms with van der Waals surface area (Å²) in [6.45, 7) is 4.00. The SMILES string of the molecule is CC.Oc1ccccc1Oc1ccccc1.[CH3-].[Y]. The second kappa shape index (κ2) is 11.2. The van der Waals surface area contributed by atoms with Gasteiger partial charge in [0.2, 0.25) is 0 Å². The van der Waals surface area contributed by atoms with E-state index < -0.39 is 0 Å². The third-order valence-corrected chi connectivity index (χ3v) is 1.84. The van der Waals surface area contributed by atoms with E-state index in [9.17, 15) is 5.11 Å². The molecule has 0 amide bonds. The second-order valence-corrected chi connectivity index (χ2v) is 2.88. The van der Waals surface area contributed by atoms with Crippen LogP contribution < -0.4 is 4.74 Å². The van der Waals surface area contributed by atoms with E-state index in [-0.39, 0.29) is 45.9 Å². The molecule has 0 saturated heterocycles. The second-order valence-electron chi connectivity index (χ2n) is 2.88. The fourth-order valence-electron chi connectivity index (χ4n) is 1.16. The third kappa shape index (κ3) is 6.18. The molecule has 18 heavy (non-hydrogen) atoms. The number of benzene rings is 2. The van der Waals surface area contributed by atoms with E-state index in [0.717, 1.165) is 0 Å². The molecule has 0 aliphatic carbocycles. The summed E-state index contributed by atoms with van der Waals surface area (Å²) in [6.07, 6.45) is 0. The largest absolute Gasteiger partial charge is 0.504 e. The van der Waals surface area contributed by atoms with Gasteiger partial charge in [0.1, 0.15) is 5.75 Å². The Hall–Kier alpha value is -0.856. The van der Waals surface area contributed by atoms with Crippen molar-refractivity contribution < 1.29 is 42.6 Å². The minimum Gasteiger partial charge on any atom is -0.504 e. The van der Waals surface area contributed by atoms with Gasteiger partial charge in [-0.1, -0.05) is 44.2 Å². The molecule has 95 valence electrons. The first-order valence-electron chi connectivity index (χ1n) is 5.37. The van der Waals surface area contributed by atoms with Gasteiger partial charge >= 0.3 is 0 Å². The van der Waals surface area contributed by atoms with E-state index in [2.05, 4.69) is 0 Å². The summed E-state index contributed by atoms with van der Waals surface area (Å²) in [7, 11) is 0. The van der Waals surface area contributed by atoms with E-state index in [1.54, 1.807) is 18.2 Å². The molecule has 0 aliphatic heterocycles. The minimum absolute atomic E-state index is 0. The molecular formula is C15H19O2Y-. The van der Waals surface area contributed by atoms with Crippen molar-refractivity contribution in [2.24, 2.45) is 0 Å². The molecule has 0 fully saturated rings. The molecule has 0 heterocycles. The molecule has 0 aromatic heterocycles. The predicted octanol–water partition coefficient (Wildman–Crippen LogP) is 4.66. The van der Waals surface area contributed by atoms with Gasteiger partial charge in [0.15, 0.2) is 11.5 Å². The molecule has 2 aromatic rings. The number of rotatable bonds is 2. The van der Waals surface area contributed by atoms with Crippen LogP contribution in [-0.4, -0.2) is 5.11 Å². The Morgan fingerprint density at radius 2 is 1.33 bits per heavy atom. The molecule has 2 aromatic carbocycles. The van der Waals surface area contributed by atoms with Crippen molar-refractivity contribution in [3.8, 4) is 17.2 Å². The number of phenolic OH excluding ortho intramolecular Hbond substituents is 1. The quantitative estimate of drug-likeness (QED) is 0.816. The fourth-order valence-corrected chi connectivity index (χ4v) is 1.16. The zero-order valence-electron chi connectivity index (χ0n) is 11.1. The first-order valence-corrected chi connectivity index (χ1v) is 5.37.